The highest BCUT2D eigenvalue weighted by molar-refractivity contribution is 7.91. The smallest absolute Gasteiger partial charge is 0.408 e. The lowest BCUT2D eigenvalue weighted by atomic mass is 10.2. The number of ether oxygens (including phenoxy) is 1. The molecule has 0 aromatic rings. The molecule has 0 aliphatic heterocycles. The van der Waals surface area contributed by atoms with Gasteiger partial charge in [-0.2, -0.15) is 0 Å². The zero-order valence-corrected chi connectivity index (χ0v) is 11.8. The summed E-state index contributed by atoms with van der Waals surface area (Å²) in [7, 11) is -3.35. The highest BCUT2D eigenvalue weighted by Gasteiger charge is 2.24. The number of hydrogen-bond donors (Lipinski definition) is 2. The Labute approximate surface area is 112 Å². The lowest BCUT2D eigenvalue weighted by molar-refractivity contribution is -0.139. The van der Waals surface area contributed by atoms with Crippen LogP contribution in [-0.4, -0.2) is 49.2 Å². The molecule has 0 aliphatic carbocycles. The average molecular weight is 293 g/mol. The molecule has 0 bridgehead atoms. The van der Waals surface area contributed by atoms with Gasteiger partial charge in [0.2, 0.25) is 0 Å². The SMILES string of the molecule is C=CCOC(=O)NC(CCS(=O)(=O)C(C)C)C(=O)O. The number of carbonyl (C=O) groups is 2. The van der Waals surface area contributed by atoms with Crippen molar-refractivity contribution >= 4 is 21.9 Å². The van der Waals surface area contributed by atoms with Crippen molar-refractivity contribution in [1.29, 1.82) is 0 Å². The van der Waals surface area contributed by atoms with Gasteiger partial charge in [-0.15, -0.1) is 0 Å². The van der Waals surface area contributed by atoms with Gasteiger partial charge in [-0.3, -0.25) is 0 Å². The van der Waals surface area contributed by atoms with Crippen molar-refractivity contribution in [3.05, 3.63) is 12.7 Å². The minimum Gasteiger partial charge on any atom is -0.480 e. The van der Waals surface area contributed by atoms with Crippen LogP contribution in [0.2, 0.25) is 0 Å². The second-order valence-corrected chi connectivity index (χ2v) is 6.80. The van der Waals surface area contributed by atoms with E-state index in [0.717, 1.165) is 0 Å². The van der Waals surface area contributed by atoms with E-state index < -0.39 is 33.2 Å². The molecule has 1 unspecified atom stereocenters. The topological polar surface area (TPSA) is 110 Å². The van der Waals surface area contributed by atoms with Crippen LogP contribution in [0.4, 0.5) is 4.79 Å². The van der Waals surface area contributed by atoms with E-state index in [4.69, 9.17) is 5.11 Å². The fraction of sp³-hybridized carbons (Fsp3) is 0.636. The van der Waals surface area contributed by atoms with Crippen molar-refractivity contribution < 1.29 is 27.9 Å². The lowest BCUT2D eigenvalue weighted by Crippen LogP contribution is -2.42. The average Bonchev–Trinajstić information content (AvgIpc) is 2.31. The number of sulfone groups is 1. The first-order valence-electron chi connectivity index (χ1n) is 5.69. The molecule has 0 rings (SSSR count). The monoisotopic (exact) mass is 293 g/mol. The van der Waals surface area contributed by atoms with Gasteiger partial charge in [0, 0.05) is 0 Å². The fourth-order valence-corrected chi connectivity index (χ4v) is 2.13. The largest absolute Gasteiger partial charge is 0.480 e. The Bertz CT molecular complexity index is 428. The molecule has 0 radical (unpaired) electrons. The highest BCUT2D eigenvalue weighted by atomic mass is 32.2. The van der Waals surface area contributed by atoms with Crippen molar-refractivity contribution in [3.63, 3.8) is 0 Å². The Morgan fingerprint density at radius 1 is 1.42 bits per heavy atom. The molecule has 0 saturated heterocycles. The van der Waals surface area contributed by atoms with Crippen LogP contribution in [0.15, 0.2) is 12.7 Å². The van der Waals surface area contributed by atoms with Crippen LogP contribution in [0.1, 0.15) is 20.3 Å². The molecule has 0 fully saturated rings. The molecule has 19 heavy (non-hydrogen) atoms. The van der Waals surface area contributed by atoms with Gasteiger partial charge in [0.05, 0.1) is 11.0 Å². The summed E-state index contributed by atoms with van der Waals surface area (Å²) < 4.78 is 27.7. The predicted octanol–water partition coefficient (Wildman–Crippen LogP) is 0.565. The number of rotatable bonds is 8. The van der Waals surface area contributed by atoms with Gasteiger partial charge >= 0.3 is 12.1 Å². The molecule has 110 valence electrons. The lowest BCUT2D eigenvalue weighted by Gasteiger charge is -2.15. The third-order valence-electron chi connectivity index (χ3n) is 2.33. The summed E-state index contributed by atoms with van der Waals surface area (Å²) in [6.45, 7) is 6.30. The number of carboxylic acids is 1. The first-order valence-corrected chi connectivity index (χ1v) is 7.40. The summed E-state index contributed by atoms with van der Waals surface area (Å²) >= 11 is 0. The molecule has 1 atom stereocenters. The van der Waals surface area contributed by atoms with Gasteiger partial charge in [0.15, 0.2) is 9.84 Å². The summed E-state index contributed by atoms with van der Waals surface area (Å²) in [5.41, 5.74) is 0. The van der Waals surface area contributed by atoms with Gasteiger partial charge in [0.1, 0.15) is 12.6 Å². The minimum atomic E-state index is -3.35. The number of nitrogens with one attached hydrogen (secondary N) is 1. The van der Waals surface area contributed by atoms with Crippen molar-refractivity contribution in [2.24, 2.45) is 0 Å². The van der Waals surface area contributed by atoms with Crippen molar-refractivity contribution in [2.75, 3.05) is 12.4 Å². The standard InChI is InChI=1S/C11H19NO6S/c1-4-6-18-11(15)12-9(10(13)14)5-7-19(16,17)8(2)3/h4,8-9H,1,5-7H2,2-3H3,(H,12,15)(H,13,14). The zero-order chi connectivity index (χ0) is 15.1. The molecular weight excluding hydrogens is 274 g/mol. The quantitative estimate of drug-likeness (QED) is 0.633. The van der Waals surface area contributed by atoms with E-state index in [1.165, 1.54) is 19.9 Å². The van der Waals surface area contributed by atoms with E-state index in [1.54, 1.807) is 0 Å². The van der Waals surface area contributed by atoms with Gasteiger partial charge in [-0.25, -0.2) is 18.0 Å². The zero-order valence-electron chi connectivity index (χ0n) is 11.0. The van der Waals surface area contributed by atoms with Crippen LogP contribution in [0.5, 0.6) is 0 Å². The normalized spacial score (nSPS) is 12.8. The Hall–Kier alpha value is -1.57. The number of hydrogen-bond acceptors (Lipinski definition) is 5. The van der Waals surface area contributed by atoms with Crippen LogP contribution in [-0.2, 0) is 19.4 Å². The van der Waals surface area contributed by atoms with Crippen molar-refractivity contribution in [3.8, 4) is 0 Å². The Morgan fingerprint density at radius 3 is 2.42 bits per heavy atom. The molecule has 0 heterocycles. The molecule has 0 aromatic heterocycles. The molecule has 0 saturated carbocycles. The highest BCUT2D eigenvalue weighted by Crippen LogP contribution is 2.05. The number of aliphatic carboxylic acids is 1. The van der Waals surface area contributed by atoms with Crippen LogP contribution in [0.25, 0.3) is 0 Å². The molecule has 2 N–H and O–H groups in total. The molecular formula is C11H19NO6S. The van der Waals surface area contributed by atoms with Gasteiger partial charge in [-0.05, 0) is 20.3 Å². The van der Waals surface area contributed by atoms with Crippen molar-refractivity contribution in [2.45, 2.75) is 31.6 Å². The van der Waals surface area contributed by atoms with E-state index in [0.29, 0.717) is 0 Å². The molecule has 0 spiro atoms. The Morgan fingerprint density at radius 2 is 2.00 bits per heavy atom. The second kappa shape index (κ2) is 7.78. The van der Waals surface area contributed by atoms with Crippen LogP contribution in [0, 0.1) is 0 Å². The van der Waals surface area contributed by atoms with Crippen molar-refractivity contribution in [1.82, 2.24) is 5.32 Å². The van der Waals surface area contributed by atoms with Crippen LogP contribution < -0.4 is 5.32 Å². The van der Waals surface area contributed by atoms with Gasteiger partial charge < -0.3 is 15.2 Å². The van der Waals surface area contributed by atoms with Gasteiger partial charge in [-0.1, -0.05) is 12.7 Å². The van der Waals surface area contributed by atoms with E-state index >= 15 is 0 Å². The fourth-order valence-electron chi connectivity index (χ4n) is 1.09. The maximum atomic E-state index is 11.6. The maximum absolute atomic E-state index is 11.6. The molecule has 1 amide bonds. The van der Waals surface area contributed by atoms with E-state index in [1.807, 2.05) is 0 Å². The van der Waals surface area contributed by atoms with Crippen LogP contribution in [0.3, 0.4) is 0 Å². The van der Waals surface area contributed by atoms with Gasteiger partial charge in [0.25, 0.3) is 0 Å². The Balaban J connectivity index is 4.48. The summed E-state index contributed by atoms with van der Waals surface area (Å²) in [6, 6.07) is -1.30. The molecule has 7 nitrogen and oxygen atoms in total. The number of carbonyl (C=O) groups excluding carboxylic acids is 1. The number of amides is 1. The number of carboxylic acid groups (broad SMARTS) is 1. The molecule has 0 aliphatic rings. The summed E-state index contributed by atoms with van der Waals surface area (Å²) in [4.78, 5) is 22.1. The van der Waals surface area contributed by atoms with E-state index in [9.17, 15) is 18.0 Å². The summed E-state index contributed by atoms with van der Waals surface area (Å²) in [5.74, 6) is -1.63. The van der Waals surface area contributed by atoms with Crippen LogP contribution >= 0.6 is 0 Å². The minimum absolute atomic E-state index is 0.0531. The first kappa shape index (κ1) is 17.4. The molecule has 8 heteroatoms. The van der Waals surface area contributed by atoms with E-state index in [2.05, 4.69) is 16.6 Å². The third-order valence-corrected chi connectivity index (χ3v) is 4.57. The van der Waals surface area contributed by atoms with E-state index in [-0.39, 0.29) is 18.8 Å². The summed E-state index contributed by atoms with van der Waals surface area (Å²) in [6.07, 6.45) is 0.201. The third kappa shape index (κ3) is 6.80. The molecule has 0 aromatic carbocycles. The number of alkyl carbamates (subject to hydrolysis) is 1. The maximum Gasteiger partial charge on any atom is 0.408 e. The first-order chi connectivity index (χ1) is 8.70. The second-order valence-electron chi connectivity index (χ2n) is 4.13. The Kier molecular flexibility index (Phi) is 7.13. The summed E-state index contributed by atoms with van der Waals surface area (Å²) in [5, 5.41) is 10.4. The predicted molar refractivity (Wildman–Crippen MR) is 69.6 cm³/mol.